The summed E-state index contributed by atoms with van der Waals surface area (Å²) in [5, 5.41) is 3.40. The summed E-state index contributed by atoms with van der Waals surface area (Å²) in [5.74, 6) is 0. The van der Waals surface area contributed by atoms with E-state index in [9.17, 15) is 0 Å². The monoisotopic (exact) mass is 208 g/mol. The van der Waals surface area contributed by atoms with E-state index in [-0.39, 0.29) is 0 Å². The predicted molar refractivity (Wildman–Crippen MR) is 60.6 cm³/mol. The molecular formula is C11H20N4. The maximum Gasteiger partial charge on any atom is 0.0948 e. The van der Waals surface area contributed by atoms with Gasteiger partial charge in [0, 0.05) is 31.9 Å². The molecule has 1 aliphatic heterocycles. The van der Waals surface area contributed by atoms with Gasteiger partial charge in [0.1, 0.15) is 0 Å². The van der Waals surface area contributed by atoms with Crippen LogP contribution in [0.15, 0.2) is 12.5 Å². The standard InChI is InChI=1S/C11H20N4/c1-3-15-9-13-7-11(15)8-14(2)10-4-5-12-6-10/h7,9-10,12H,3-6,8H2,1-2H3. The molecule has 0 aliphatic carbocycles. The fourth-order valence-electron chi connectivity index (χ4n) is 2.16. The van der Waals surface area contributed by atoms with E-state index in [4.69, 9.17) is 0 Å². The van der Waals surface area contributed by atoms with Crippen molar-refractivity contribution >= 4 is 0 Å². The van der Waals surface area contributed by atoms with Crippen molar-refractivity contribution in [3.63, 3.8) is 0 Å². The highest BCUT2D eigenvalue weighted by Gasteiger charge is 2.19. The van der Waals surface area contributed by atoms with Crippen molar-refractivity contribution in [1.82, 2.24) is 19.8 Å². The van der Waals surface area contributed by atoms with Crippen molar-refractivity contribution in [3.05, 3.63) is 18.2 Å². The van der Waals surface area contributed by atoms with Crippen molar-refractivity contribution in [1.29, 1.82) is 0 Å². The van der Waals surface area contributed by atoms with E-state index >= 15 is 0 Å². The van der Waals surface area contributed by atoms with E-state index in [1.165, 1.54) is 12.1 Å². The molecule has 0 spiro atoms. The minimum absolute atomic E-state index is 0.685. The first-order chi connectivity index (χ1) is 7.31. The number of aromatic nitrogens is 2. The third-order valence-electron chi connectivity index (χ3n) is 3.21. The molecule has 84 valence electrons. The molecule has 0 saturated carbocycles. The van der Waals surface area contributed by atoms with Crippen LogP contribution in [0.2, 0.25) is 0 Å². The largest absolute Gasteiger partial charge is 0.334 e. The molecule has 2 rings (SSSR count). The normalized spacial score (nSPS) is 21.4. The van der Waals surface area contributed by atoms with Crippen LogP contribution >= 0.6 is 0 Å². The van der Waals surface area contributed by atoms with Crippen molar-refractivity contribution in [3.8, 4) is 0 Å². The molecular weight excluding hydrogens is 188 g/mol. The van der Waals surface area contributed by atoms with E-state index in [2.05, 4.69) is 33.7 Å². The van der Waals surface area contributed by atoms with Gasteiger partial charge in [0.25, 0.3) is 0 Å². The number of hydrogen-bond acceptors (Lipinski definition) is 3. The number of nitrogens with one attached hydrogen (secondary N) is 1. The first-order valence-electron chi connectivity index (χ1n) is 5.71. The lowest BCUT2D eigenvalue weighted by Gasteiger charge is -2.23. The van der Waals surface area contributed by atoms with Crippen LogP contribution in [0.4, 0.5) is 0 Å². The first kappa shape index (κ1) is 10.6. The van der Waals surface area contributed by atoms with Gasteiger partial charge in [-0.2, -0.15) is 0 Å². The summed E-state index contributed by atoms with van der Waals surface area (Å²) in [6.07, 6.45) is 5.15. The van der Waals surface area contributed by atoms with Crippen LogP contribution in [0.3, 0.4) is 0 Å². The molecule has 1 fully saturated rings. The zero-order valence-corrected chi connectivity index (χ0v) is 9.61. The van der Waals surface area contributed by atoms with Gasteiger partial charge >= 0.3 is 0 Å². The number of nitrogens with zero attached hydrogens (tertiary/aromatic N) is 3. The fourth-order valence-corrected chi connectivity index (χ4v) is 2.16. The lowest BCUT2D eigenvalue weighted by molar-refractivity contribution is 0.243. The first-order valence-corrected chi connectivity index (χ1v) is 5.71. The fraction of sp³-hybridized carbons (Fsp3) is 0.727. The second-order valence-electron chi connectivity index (χ2n) is 4.23. The highest BCUT2D eigenvalue weighted by molar-refractivity contribution is 4.98. The third kappa shape index (κ3) is 2.38. The Morgan fingerprint density at radius 3 is 3.20 bits per heavy atom. The van der Waals surface area contributed by atoms with Gasteiger partial charge in [-0.15, -0.1) is 0 Å². The Labute approximate surface area is 91.3 Å². The van der Waals surface area contributed by atoms with Gasteiger partial charge in [-0.3, -0.25) is 4.90 Å². The summed E-state index contributed by atoms with van der Waals surface area (Å²) >= 11 is 0. The average Bonchev–Trinajstić information content (AvgIpc) is 2.87. The van der Waals surface area contributed by atoms with Crippen LogP contribution < -0.4 is 5.32 Å². The van der Waals surface area contributed by atoms with Crippen LogP contribution in [-0.4, -0.2) is 40.6 Å². The minimum atomic E-state index is 0.685. The smallest absolute Gasteiger partial charge is 0.0948 e. The molecule has 0 aromatic carbocycles. The van der Waals surface area contributed by atoms with E-state index in [1.54, 1.807) is 0 Å². The van der Waals surface area contributed by atoms with Gasteiger partial charge in [-0.05, 0) is 26.9 Å². The number of likely N-dealkylation sites (N-methyl/N-ethyl adjacent to an activating group) is 1. The van der Waals surface area contributed by atoms with E-state index in [0.29, 0.717) is 6.04 Å². The molecule has 1 N–H and O–H groups in total. The minimum Gasteiger partial charge on any atom is -0.334 e. The summed E-state index contributed by atoms with van der Waals surface area (Å²) in [6, 6.07) is 0.685. The molecule has 1 saturated heterocycles. The van der Waals surface area contributed by atoms with Gasteiger partial charge < -0.3 is 9.88 Å². The SMILES string of the molecule is CCn1cncc1CN(C)C1CCNC1. The van der Waals surface area contributed by atoms with Gasteiger partial charge in [-0.25, -0.2) is 4.98 Å². The van der Waals surface area contributed by atoms with Crippen LogP contribution in [-0.2, 0) is 13.1 Å². The van der Waals surface area contributed by atoms with E-state index in [0.717, 1.165) is 26.2 Å². The summed E-state index contributed by atoms with van der Waals surface area (Å²) in [4.78, 5) is 6.61. The van der Waals surface area contributed by atoms with Crippen LogP contribution in [0.5, 0.6) is 0 Å². The molecule has 0 bridgehead atoms. The van der Waals surface area contributed by atoms with Gasteiger partial charge in [0.2, 0.25) is 0 Å². The number of imidazole rings is 1. The van der Waals surface area contributed by atoms with Gasteiger partial charge in [0.05, 0.1) is 12.0 Å². The number of hydrogen-bond donors (Lipinski definition) is 1. The highest BCUT2D eigenvalue weighted by atomic mass is 15.2. The molecule has 1 aliphatic rings. The Bertz CT molecular complexity index is 301. The second kappa shape index (κ2) is 4.77. The molecule has 1 atom stereocenters. The van der Waals surface area contributed by atoms with Crippen LogP contribution in [0.25, 0.3) is 0 Å². The zero-order chi connectivity index (χ0) is 10.7. The topological polar surface area (TPSA) is 33.1 Å². The molecule has 2 heterocycles. The van der Waals surface area contributed by atoms with Crippen molar-refractivity contribution in [2.75, 3.05) is 20.1 Å². The Kier molecular flexibility index (Phi) is 3.38. The summed E-state index contributed by atoms with van der Waals surface area (Å²) in [7, 11) is 2.20. The molecule has 1 unspecified atom stereocenters. The zero-order valence-electron chi connectivity index (χ0n) is 9.61. The summed E-state index contributed by atoms with van der Waals surface area (Å²) < 4.78 is 2.21. The maximum atomic E-state index is 4.19. The van der Waals surface area contributed by atoms with Crippen LogP contribution in [0.1, 0.15) is 19.0 Å². The Morgan fingerprint density at radius 1 is 1.67 bits per heavy atom. The predicted octanol–water partition coefficient (Wildman–Crippen LogP) is 0.697. The Morgan fingerprint density at radius 2 is 2.53 bits per heavy atom. The van der Waals surface area contributed by atoms with Crippen molar-refractivity contribution in [2.45, 2.75) is 32.5 Å². The van der Waals surface area contributed by atoms with Crippen LogP contribution in [0, 0.1) is 0 Å². The lowest BCUT2D eigenvalue weighted by atomic mass is 10.2. The van der Waals surface area contributed by atoms with Gasteiger partial charge in [-0.1, -0.05) is 0 Å². The maximum absolute atomic E-state index is 4.19. The molecule has 15 heavy (non-hydrogen) atoms. The third-order valence-corrected chi connectivity index (χ3v) is 3.21. The van der Waals surface area contributed by atoms with E-state index in [1.807, 2.05) is 12.5 Å². The van der Waals surface area contributed by atoms with Gasteiger partial charge in [0.15, 0.2) is 0 Å². The number of aryl methyl sites for hydroxylation is 1. The molecule has 0 amide bonds. The second-order valence-corrected chi connectivity index (χ2v) is 4.23. The number of rotatable bonds is 4. The Hall–Kier alpha value is -0.870. The molecule has 4 nitrogen and oxygen atoms in total. The molecule has 1 aromatic rings. The lowest BCUT2D eigenvalue weighted by Crippen LogP contribution is -2.33. The molecule has 4 heteroatoms. The molecule has 1 aromatic heterocycles. The summed E-state index contributed by atoms with van der Waals surface area (Å²) in [5.41, 5.74) is 1.31. The highest BCUT2D eigenvalue weighted by Crippen LogP contribution is 2.10. The average molecular weight is 208 g/mol. The molecule has 0 radical (unpaired) electrons. The van der Waals surface area contributed by atoms with E-state index < -0.39 is 0 Å². The van der Waals surface area contributed by atoms with Crippen molar-refractivity contribution in [2.24, 2.45) is 0 Å². The Balaban J connectivity index is 1.95. The van der Waals surface area contributed by atoms with Crippen molar-refractivity contribution < 1.29 is 0 Å². The summed E-state index contributed by atoms with van der Waals surface area (Å²) in [6.45, 7) is 6.44. The quantitative estimate of drug-likeness (QED) is 0.790.